The highest BCUT2D eigenvalue weighted by Crippen LogP contribution is 2.37. The monoisotopic (exact) mass is 248 g/mol. The average molecular weight is 248 g/mol. The van der Waals surface area contributed by atoms with Crippen molar-refractivity contribution < 1.29 is 9.59 Å². The molecule has 0 amide bonds. The lowest BCUT2D eigenvalue weighted by molar-refractivity contribution is -0.143. The van der Waals surface area contributed by atoms with Gasteiger partial charge in [0.25, 0.3) is 0 Å². The molecular weight excluding hydrogens is 224 g/mol. The highest BCUT2D eigenvalue weighted by molar-refractivity contribution is 6.09. The van der Waals surface area contributed by atoms with Crippen molar-refractivity contribution in [3.8, 4) is 0 Å². The Bertz CT molecular complexity index is 323. The predicted octanol–water partition coefficient (Wildman–Crippen LogP) is 4.01. The normalized spacial score (nSPS) is 19.4. The lowest BCUT2D eigenvalue weighted by Gasteiger charge is -2.32. The summed E-state index contributed by atoms with van der Waals surface area (Å²) >= 11 is 0. The Hall–Kier alpha value is -1.18. The maximum absolute atomic E-state index is 12.1. The zero-order chi connectivity index (χ0) is 13.4. The highest BCUT2D eigenvalue weighted by atomic mass is 16.2. The number of carbonyl (C=O) groups is 2. The number of carbonyl (C=O) groups excluding carboxylic acids is 2. The quantitative estimate of drug-likeness (QED) is 0.387. The van der Waals surface area contributed by atoms with E-state index in [0.717, 1.165) is 19.3 Å². The third kappa shape index (κ3) is 3.41. The van der Waals surface area contributed by atoms with Gasteiger partial charge in [0.05, 0.1) is 5.41 Å². The maximum atomic E-state index is 12.1. The van der Waals surface area contributed by atoms with E-state index in [-0.39, 0.29) is 11.6 Å². The van der Waals surface area contributed by atoms with Crippen molar-refractivity contribution in [1.29, 1.82) is 0 Å². The van der Waals surface area contributed by atoms with Crippen molar-refractivity contribution in [3.63, 3.8) is 0 Å². The second-order valence-corrected chi connectivity index (χ2v) is 5.09. The zero-order valence-corrected chi connectivity index (χ0v) is 11.4. The van der Waals surface area contributed by atoms with E-state index in [9.17, 15) is 9.59 Å². The van der Waals surface area contributed by atoms with E-state index in [2.05, 4.69) is 19.6 Å². The van der Waals surface area contributed by atoms with Gasteiger partial charge in [-0.2, -0.15) is 0 Å². The summed E-state index contributed by atoms with van der Waals surface area (Å²) in [4.78, 5) is 24.3. The van der Waals surface area contributed by atoms with Gasteiger partial charge in [-0.1, -0.05) is 38.0 Å². The fourth-order valence-corrected chi connectivity index (χ4v) is 2.55. The van der Waals surface area contributed by atoms with Gasteiger partial charge in [0.15, 0.2) is 0 Å². The van der Waals surface area contributed by atoms with E-state index in [1.54, 1.807) is 6.08 Å². The van der Waals surface area contributed by atoms with Crippen molar-refractivity contribution in [3.05, 3.63) is 24.8 Å². The van der Waals surface area contributed by atoms with Gasteiger partial charge in [0.2, 0.25) is 0 Å². The first-order valence-corrected chi connectivity index (χ1v) is 7.00. The van der Waals surface area contributed by atoms with Crippen LogP contribution in [0.3, 0.4) is 0 Å². The number of allylic oxidation sites excluding steroid dienone is 3. The summed E-state index contributed by atoms with van der Waals surface area (Å²) < 4.78 is 0. The van der Waals surface area contributed by atoms with Crippen LogP contribution in [-0.2, 0) is 9.59 Å². The van der Waals surface area contributed by atoms with Crippen LogP contribution in [0, 0.1) is 5.41 Å². The van der Waals surface area contributed by atoms with E-state index in [0.29, 0.717) is 25.7 Å². The first-order valence-electron chi connectivity index (χ1n) is 7.00. The minimum Gasteiger partial charge on any atom is -0.299 e. The standard InChI is InChI=1S/C16H24O2/c1-3-5-6-7-8-13-16(12-4-2)14(17)10-9-11-15(16)18/h4,7-8H,2-3,5-6,9-13H2,1H3/b8-7+. The number of hydrogen-bond donors (Lipinski definition) is 0. The van der Waals surface area contributed by atoms with Gasteiger partial charge in [-0.15, -0.1) is 6.58 Å². The van der Waals surface area contributed by atoms with Gasteiger partial charge in [0, 0.05) is 12.8 Å². The SMILES string of the molecule is C=CCC1(C/C=C/CCCC)C(=O)CCCC1=O. The first-order chi connectivity index (χ1) is 8.67. The van der Waals surface area contributed by atoms with Gasteiger partial charge < -0.3 is 0 Å². The third-order valence-electron chi connectivity index (χ3n) is 3.73. The predicted molar refractivity (Wildman–Crippen MR) is 74.4 cm³/mol. The Kier molecular flexibility index (Phi) is 6.03. The molecule has 1 rings (SSSR count). The molecule has 1 fully saturated rings. The number of ketones is 2. The molecule has 0 N–H and O–H groups in total. The average Bonchev–Trinajstić information content (AvgIpc) is 2.35. The summed E-state index contributed by atoms with van der Waals surface area (Å²) in [6.45, 7) is 5.85. The van der Waals surface area contributed by atoms with Crippen LogP contribution in [-0.4, -0.2) is 11.6 Å². The molecule has 1 saturated carbocycles. The van der Waals surface area contributed by atoms with Gasteiger partial charge in [0.1, 0.15) is 11.6 Å². The van der Waals surface area contributed by atoms with Crippen molar-refractivity contribution in [2.75, 3.05) is 0 Å². The van der Waals surface area contributed by atoms with Gasteiger partial charge >= 0.3 is 0 Å². The molecule has 1 aliphatic carbocycles. The van der Waals surface area contributed by atoms with Gasteiger partial charge in [-0.05, 0) is 25.7 Å². The number of hydrogen-bond acceptors (Lipinski definition) is 2. The smallest absolute Gasteiger partial charge is 0.147 e. The number of unbranched alkanes of at least 4 members (excludes halogenated alkanes) is 2. The molecule has 2 heteroatoms. The zero-order valence-electron chi connectivity index (χ0n) is 11.4. The van der Waals surface area contributed by atoms with Crippen molar-refractivity contribution in [1.82, 2.24) is 0 Å². The molecule has 0 aromatic rings. The van der Waals surface area contributed by atoms with Gasteiger partial charge in [-0.25, -0.2) is 0 Å². The molecular formula is C16H24O2. The summed E-state index contributed by atoms with van der Waals surface area (Å²) in [7, 11) is 0. The van der Waals surface area contributed by atoms with Crippen LogP contribution in [0.2, 0.25) is 0 Å². The second-order valence-electron chi connectivity index (χ2n) is 5.09. The lowest BCUT2D eigenvalue weighted by atomic mass is 9.67. The molecule has 0 aromatic carbocycles. The summed E-state index contributed by atoms with van der Waals surface area (Å²) in [5.41, 5.74) is -0.789. The van der Waals surface area contributed by atoms with Crippen LogP contribution in [0.4, 0.5) is 0 Å². The maximum Gasteiger partial charge on any atom is 0.147 e. The van der Waals surface area contributed by atoms with E-state index in [1.807, 2.05) is 6.08 Å². The molecule has 0 saturated heterocycles. The molecule has 0 aromatic heterocycles. The Balaban J connectivity index is 2.72. The van der Waals surface area contributed by atoms with Gasteiger partial charge in [-0.3, -0.25) is 9.59 Å². The van der Waals surface area contributed by atoms with E-state index in [1.165, 1.54) is 6.42 Å². The highest BCUT2D eigenvalue weighted by Gasteiger charge is 2.44. The third-order valence-corrected chi connectivity index (χ3v) is 3.73. The van der Waals surface area contributed by atoms with E-state index in [4.69, 9.17) is 0 Å². The molecule has 0 atom stereocenters. The van der Waals surface area contributed by atoms with Crippen LogP contribution < -0.4 is 0 Å². The molecule has 2 nitrogen and oxygen atoms in total. The summed E-state index contributed by atoms with van der Waals surface area (Å²) in [6.07, 6.45) is 12.0. The summed E-state index contributed by atoms with van der Waals surface area (Å²) in [5.74, 6) is 0.220. The fraction of sp³-hybridized carbons (Fsp3) is 0.625. The second kappa shape index (κ2) is 7.30. The van der Waals surface area contributed by atoms with Crippen LogP contribution >= 0.6 is 0 Å². The van der Waals surface area contributed by atoms with Crippen molar-refractivity contribution >= 4 is 11.6 Å². The van der Waals surface area contributed by atoms with E-state index >= 15 is 0 Å². The molecule has 0 unspecified atom stereocenters. The Morgan fingerprint density at radius 2 is 1.83 bits per heavy atom. The largest absolute Gasteiger partial charge is 0.299 e. The topological polar surface area (TPSA) is 34.1 Å². The molecule has 0 radical (unpaired) electrons. The molecule has 0 aliphatic heterocycles. The minimum atomic E-state index is -0.789. The molecule has 100 valence electrons. The van der Waals surface area contributed by atoms with E-state index < -0.39 is 5.41 Å². The molecule has 1 aliphatic rings. The number of rotatable bonds is 7. The Morgan fingerprint density at radius 1 is 1.17 bits per heavy atom. The number of Topliss-reactive ketones (excluding diaryl/α,β-unsaturated/α-hetero) is 2. The Morgan fingerprint density at radius 3 is 2.39 bits per heavy atom. The Labute approximate surface area is 110 Å². The summed E-state index contributed by atoms with van der Waals surface area (Å²) in [5, 5.41) is 0. The molecule has 18 heavy (non-hydrogen) atoms. The van der Waals surface area contributed by atoms with Crippen molar-refractivity contribution in [2.45, 2.75) is 58.3 Å². The molecule has 0 spiro atoms. The van der Waals surface area contributed by atoms with Crippen molar-refractivity contribution in [2.24, 2.45) is 5.41 Å². The minimum absolute atomic E-state index is 0.110. The van der Waals surface area contributed by atoms with Crippen LogP contribution in [0.1, 0.15) is 58.3 Å². The van der Waals surface area contributed by atoms with Crippen LogP contribution in [0.15, 0.2) is 24.8 Å². The molecule has 0 heterocycles. The lowest BCUT2D eigenvalue weighted by Crippen LogP contribution is -2.41. The molecule has 0 bridgehead atoms. The van der Waals surface area contributed by atoms with Crippen LogP contribution in [0.25, 0.3) is 0 Å². The summed E-state index contributed by atoms with van der Waals surface area (Å²) in [6, 6.07) is 0. The first kappa shape index (κ1) is 14.9. The van der Waals surface area contributed by atoms with Crippen LogP contribution in [0.5, 0.6) is 0 Å². The fourth-order valence-electron chi connectivity index (χ4n) is 2.55.